The second-order valence-electron chi connectivity index (χ2n) is 32.6. The fourth-order valence-electron chi connectivity index (χ4n) is 12.9. The Balaban J connectivity index is 3.65. The summed E-state index contributed by atoms with van der Waals surface area (Å²) in [6, 6.07) is -20.7. The molecule has 0 aromatic carbocycles. The Morgan fingerprint density at radius 1 is 0.378 bits per heavy atom. The number of carbonyl (C=O) groups excluding carboxylic acids is 14. The smallest absolute Gasteiger partial charge is 0.326 e. The number of aliphatic carboxylic acids is 3. The van der Waals surface area contributed by atoms with Crippen molar-refractivity contribution >= 4 is 113 Å². The number of aromatic amines is 1. The molecule has 720 valence electrons. The van der Waals surface area contributed by atoms with Crippen molar-refractivity contribution in [2.45, 2.75) is 295 Å². The van der Waals surface area contributed by atoms with Gasteiger partial charge in [-0.2, -0.15) is 0 Å². The van der Waals surface area contributed by atoms with Gasteiger partial charge in [0.25, 0.3) is 0 Å². The van der Waals surface area contributed by atoms with Crippen LogP contribution >= 0.6 is 0 Å². The number of H-pyrrole nitrogens is 1. The van der Waals surface area contributed by atoms with Crippen molar-refractivity contribution in [1.29, 1.82) is 0 Å². The van der Waals surface area contributed by atoms with Gasteiger partial charge in [0.15, 0.2) is 11.9 Å². The Hall–Kier alpha value is -11.5. The lowest BCUT2D eigenvalue weighted by molar-refractivity contribution is -0.143. The quantitative estimate of drug-likeness (QED) is 0.0164. The molecule has 14 amide bonds. The Kier molecular flexibility index (Phi) is 55.3. The largest absolute Gasteiger partial charge is 0.481 e. The van der Waals surface area contributed by atoms with Gasteiger partial charge >= 0.3 is 17.9 Å². The first-order chi connectivity index (χ1) is 59.9. The molecule has 1 aromatic heterocycles. The van der Waals surface area contributed by atoms with Gasteiger partial charge in [-0.15, -0.1) is 0 Å². The predicted octanol–water partition coefficient (Wildman–Crippen LogP) is -6.19. The number of carbonyl (C=O) groups is 17. The number of nitrogens with zero attached hydrogens (tertiary/aromatic N) is 3. The third kappa shape index (κ3) is 45.5. The second kappa shape index (κ2) is 61.8. The lowest BCUT2D eigenvalue weighted by atomic mass is 9.95. The number of amides is 14. The van der Waals surface area contributed by atoms with E-state index in [-0.39, 0.29) is 134 Å². The molecule has 47 nitrogen and oxygen atoms in total. The van der Waals surface area contributed by atoms with Crippen molar-refractivity contribution in [3.63, 3.8) is 0 Å². The van der Waals surface area contributed by atoms with E-state index < -0.39 is 228 Å². The molecule has 47 heteroatoms. The zero-order valence-corrected chi connectivity index (χ0v) is 75.0. The molecule has 1 rings (SSSR count). The molecule has 0 saturated heterocycles. The average Bonchev–Trinajstić information content (AvgIpc) is 0.982. The fourth-order valence-corrected chi connectivity index (χ4v) is 12.9. The molecule has 0 saturated carbocycles. The molecule has 1 aromatic rings. The van der Waals surface area contributed by atoms with Gasteiger partial charge in [-0.05, 0) is 159 Å². The Labute approximate surface area is 741 Å². The van der Waals surface area contributed by atoms with Crippen LogP contribution in [0.4, 0.5) is 0 Å². The molecule has 1 heterocycles. The first kappa shape index (κ1) is 114. The topological polar surface area (TPSA) is 807 Å². The minimum atomic E-state index is -1.97. The van der Waals surface area contributed by atoms with Gasteiger partial charge in [-0.25, -0.2) is 9.78 Å². The van der Waals surface area contributed by atoms with E-state index in [0.717, 1.165) is 0 Å². The van der Waals surface area contributed by atoms with Crippen LogP contribution in [0.15, 0.2) is 22.5 Å². The fraction of sp³-hybridized carbons (Fsp3) is 0.725. The molecular weight excluding hydrogens is 1660 g/mol. The van der Waals surface area contributed by atoms with E-state index in [0.29, 0.717) is 57.2 Å². The highest BCUT2D eigenvalue weighted by molar-refractivity contribution is 6.01. The van der Waals surface area contributed by atoms with Crippen LogP contribution in [0, 0.1) is 29.6 Å². The first-order valence-corrected chi connectivity index (χ1v) is 43.4. The molecule has 0 aliphatic rings. The maximum Gasteiger partial charge on any atom is 0.326 e. The van der Waals surface area contributed by atoms with Gasteiger partial charge in [0.2, 0.25) is 82.7 Å². The standard InChI is InChI=1S/C80H145N27O20/c1-11-45(9)63(106-69(117)52(26-16-20-32-84)98-71(119)55(36-47-39-90-41-94-47)100-65(113)48(85)23-13-17-29-81)74(122)93-40-58(108)95-49(27-21-33-91-79(86)87)66(114)101-56(37-59(109)110)73(121)105-62(44(7)8)76(124)107-64(46(10)12-2)77(125)103-54(35-42(3)4)70(118)97-50(24-14-18-30-82)67(115)96-51(25-15-19-31-83)68(116)102-57(38-60(111)112)72(120)104-61(43(5)6)75(123)99-53(78(126)127)28-22-34-92-80(88)89/h39,41-46,48-57,61-64H,11-38,40,81-85H2,1-10H3,(H,90,94)(H,93,122)(H,95,108)(H,96,115)(H,97,118)(H,98,119)(H,99,123)(H,100,113)(H,101,114)(H,102,116)(H,103,125)(H,104,120)(H,105,121)(H,106,117)(H,107,124)(H,109,110)(H,111,112)(H,126,127)(H4,86,87,91)(H4,88,89,92)/t45-,46-,48-,49-,50-,51-,52-,53-,54-,55-,56-,57-,61-,62-,63-,64-/m0/s1. The summed E-state index contributed by atoms with van der Waals surface area (Å²) in [6.45, 7) is 16.2. The average molecular weight is 1810 g/mol. The van der Waals surface area contributed by atoms with Crippen molar-refractivity contribution in [2.24, 2.45) is 91.2 Å². The minimum absolute atomic E-state index is 0.00878. The molecule has 16 atom stereocenters. The van der Waals surface area contributed by atoms with Crippen LogP contribution in [-0.2, 0) is 87.9 Å². The third-order valence-electron chi connectivity index (χ3n) is 20.7. The highest BCUT2D eigenvalue weighted by atomic mass is 16.4. The highest BCUT2D eigenvalue weighted by Gasteiger charge is 2.41. The SMILES string of the molecule is CC[C@H](C)[C@H](NC(=O)[C@H](CCCCN)NC(=O)[C@H](Cc1cnc[nH]1)NC(=O)[C@@H](N)CCCCN)C(=O)NCC(=O)N[C@@H](CCCN=C(N)N)C(=O)N[C@@H](CC(=O)O)C(=O)N[C@H](C(=O)N[C@H](C(=O)N[C@@H](CC(C)C)C(=O)N[C@@H](CCCCN)C(=O)N[C@@H](CCCCN)C(=O)N[C@@H](CC(=O)O)C(=O)N[C@H](C(=O)N[C@@H](CCCN=C(N)N)C(=O)O)C(C)C)[C@@H](C)CC)C(C)C. The molecule has 0 unspecified atom stereocenters. The van der Waals surface area contributed by atoms with Crippen LogP contribution in [0.5, 0.6) is 0 Å². The lowest BCUT2D eigenvalue weighted by Crippen LogP contribution is -2.62. The van der Waals surface area contributed by atoms with Gasteiger partial charge in [0, 0.05) is 31.4 Å². The third-order valence-corrected chi connectivity index (χ3v) is 20.7. The van der Waals surface area contributed by atoms with Crippen LogP contribution in [-0.4, -0.2) is 268 Å². The molecule has 0 aliphatic heterocycles. The van der Waals surface area contributed by atoms with E-state index in [2.05, 4.69) is 94.4 Å². The molecule has 0 radical (unpaired) electrons. The van der Waals surface area contributed by atoms with Gasteiger partial charge < -0.3 is 146 Å². The number of hydrogen-bond acceptors (Lipinski definition) is 25. The number of aliphatic imine (C=N–C) groups is 2. The normalized spacial score (nSPS) is 15.0. The van der Waals surface area contributed by atoms with E-state index in [1.165, 1.54) is 40.2 Å². The van der Waals surface area contributed by atoms with E-state index >= 15 is 0 Å². The van der Waals surface area contributed by atoms with E-state index in [1.807, 2.05) is 0 Å². The van der Waals surface area contributed by atoms with Gasteiger partial charge in [0.05, 0.1) is 31.8 Å². The summed E-state index contributed by atoms with van der Waals surface area (Å²) in [6.07, 6.45) is 3.97. The summed E-state index contributed by atoms with van der Waals surface area (Å²) in [5.74, 6) is -21.6. The van der Waals surface area contributed by atoms with Gasteiger partial charge in [-0.1, -0.05) is 88.5 Å². The number of carboxylic acids is 3. The van der Waals surface area contributed by atoms with Crippen molar-refractivity contribution in [3.05, 3.63) is 18.2 Å². The van der Waals surface area contributed by atoms with Crippen molar-refractivity contribution in [3.8, 4) is 0 Å². The zero-order valence-electron chi connectivity index (χ0n) is 75.0. The molecule has 36 N–H and O–H groups in total. The highest BCUT2D eigenvalue weighted by Crippen LogP contribution is 2.18. The lowest BCUT2D eigenvalue weighted by Gasteiger charge is -2.31. The number of hydrogen-bond donors (Lipinski definition) is 27. The zero-order chi connectivity index (χ0) is 96.2. The maximum atomic E-state index is 14.7. The number of guanidine groups is 2. The first-order valence-electron chi connectivity index (χ1n) is 43.4. The summed E-state index contributed by atoms with van der Waals surface area (Å²) in [4.78, 5) is 251. The summed E-state index contributed by atoms with van der Waals surface area (Å²) >= 11 is 0. The van der Waals surface area contributed by atoms with Crippen LogP contribution in [0.3, 0.4) is 0 Å². The molecular formula is C80H145N27O20. The molecule has 127 heavy (non-hydrogen) atoms. The number of rotatable bonds is 67. The minimum Gasteiger partial charge on any atom is -0.481 e. The van der Waals surface area contributed by atoms with Gasteiger partial charge in [-0.3, -0.25) is 86.7 Å². The van der Waals surface area contributed by atoms with Crippen molar-refractivity contribution in [2.75, 3.05) is 45.8 Å². The number of nitrogens with two attached hydrogens (primary N) is 9. The summed E-state index contributed by atoms with van der Waals surface area (Å²) in [5, 5.41) is 65.6. The van der Waals surface area contributed by atoms with Crippen LogP contribution in [0.25, 0.3) is 0 Å². The molecule has 0 bridgehead atoms. The monoisotopic (exact) mass is 1800 g/mol. The molecule has 0 fully saturated rings. The van der Waals surface area contributed by atoms with Crippen LogP contribution in [0.2, 0.25) is 0 Å². The Morgan fingerprint density at radius 3 is 1.09 bits per heavy atom. The summed E-state index contributed by atoms with van der Waals surface area (Å²) in [5.41, 5.74) is 51.5. The number of carboxylic acid groups (broad SMARTS) is 3. The van der Waals surface area contributed by atoms with E-state index in [9.17, 15) is 96.8 Å². The van der Waals surface area contributed by atoms with Gasteiger partial charge in [0.1, 0.15) is 78.5 Å². The Morgan fingerprint density at radius 2 is 0.701 bits per heavy atom. The van der Waals surface area contributed by atoms with E-state index in [1.54, 1.807) is 41.5 Å². The summed E-state index contributed by atoms with van der Waals surface area (Å²) in [7, 11) is 0. The Bertz CT molecular complexity index is 3730. The van der Waals surface area contributed by atoms with Crippen molar-refractivity contribution in [1.82, 2.24) is 84.4 Å². The van der Waals surface area contributed by atoms with Crippen molar-refractivity contribution < 1.29 is 96.8 Å². The van der Waals surface area contributed by atoms with Crippen LogP contribution in [0.1, 0.15) is 210 Å². The van der Waals surface area contributed by atoms with Crippen LogP contribution < -0.4 is 126 Å². The number of unbranched alkanes of at least 4 members (excludes halogenated alkanes) is 4. The molecule has 0 aliphatic carbocycles. The second-order valence-corrected chi connectivity index (χ2v) is 32.6. The number of nitrogens with one attached hydrogen (secondary N) is 15. The number of imidazole rings is 1. The maximum absolute atomic E-state index is 14.7. The molecule has 0 spiro atoms. The number of aromatic nitrogens is 2. The van der Waals surface area contributed by atoms with E-state index in [4.69, 9.17) is 51.6 Å². The predicted molar refractivity (Wildman–Crippen MR) is 470 cm³/mol. The summed E-state index contributed by atoms with van der Waals surface area (Å²) < 4.78 is 0.